The molecule has 1 aliphatic rings. The Labute approximate surface area is 97.0 Å². The third-order valence-electron chi connectivity index (χ3n) is 2.70. The van der Waals surface area contributed by atoms with Gasteiger partial charge >= 0.3 is 0 Å². The maximum Gasteiger partial charge on any atom is 0.0923 e. The van der Waals surface area contributed by atoms with E-state index in [-0.39, 0.29) is 0 Å². The van der Waals surface area contributed by atoms with Crippen LogP contribution in [0.1, 0.15) is 18.4 Å². The number of halogens is 1. The fourth-order valence-electron chi connectivity index (χ4n) is 1.82. The minimum atomic E-state index is -0.606. The van der Waals surface area contributed by atoms with Crippen molar-refractivity contribution in [2.75, 3.05) is 11.5 Å². The second-order valence-corrected chi connectivity index (χ2v) is 5.70. The molecule has 0 bridgehead atoms. The summed E-state index contributed by atoms with van der Waals surface area (Å²) in [5.74, 6) is 2.11. The summed E-state index contributed by atoms with van der Waals surface area (Å²) < 4.78 is 1.02. The molecule has 0 amide bonds. The molecule has 0 unspecified atom stereocenters. The first-order valence-electron chi connectivity index (χ1n) is 4.77. The molecule has 1 aromatic carbocycles. The molecule has 14 heavy (non-hydrogen) atoms. The summed E-state index contributed by atoms with van der Waals surface area (Å²) in [6.45, 7) is 0. The summed E-state index contributed by atoms with van der Waals surface area (Å²) in [6, 6.07) is 7.98. The molecule has 0 spiro atoms. The topological polar surface area (TPSA) is 20.2 Å². The van der Waals surface area contributed by atoms with E-state index in [0.717, 1.165) is 34.4 Å². The summed E-state index contributed by atoms with van der Waals surface area (Å²) in [6.07, 6.45) is 1.72. The third kappa shape index (κ3) is 2.00. The van der Waals surface area contributed by atoms with Gasteiger partial charge in [-0.3, -0.25) is 0 Å². The Kier molecular flexibility index (Phi) is 3.20. The lowest BCUT2D eigenvalue weighted by atomic mass is 9.88. The van der Waals surface area contributed by atoms with Gasteiger partial charge in [-0.25, -0.2) is 0 Å². The number of benzene rings is 1. The third-order valence-corrected chi connectivity index (χ3v) is 4.37. The van der Waals surface area contributed by atoms with E-state index in [0.29, 0.717) is 0 Å². The predicted molar refractivity (Wildman–Crippen MR) is 64.6 cm³/mol. The van der Waals surface area contributed by atoms with E-state index < -0.39 is 5.60 Å². The molecule has 1 saturated heterocycles. The summed E-state index contributed by atoms with van der Waals surface area (Å²) in [5, 5.41) is 10.5. The zero-order chi connectivity index (χ0) is 10.0. The fourth-order valence-corrected chi connectivity index (χ4v) is 3.64. The molecule has 1 fully saturated rings. The maximum atomic E-state index is 10.5. The van der Waals surface area contributed by atoms with Crippen molar-refractivity contribution < 1.29 is 5.11 Å². The molecule has 3 heteroatoms. The van der Waals surface area contributed by atoms with Gasteiger partial charge in [-0.1, -0.05) is 34.1 Å². The number of aliphatic hydroxyl groups is 1. The van der Waals surface area contributed by atoms with Gasteiger partial charge in [0, 0.05) is 4.47 Å². The molecular weight excluding hydrogens is 260 g/mol. The number of hydrogen-bond acceptors (Lipinski definition) is 2. The van der Waals surface area contributed by atoms with E-state index in [9.17, 15) is 5.11 Å². The standard InChI is InChI=1S/C11H13BrOS/c12-10-4-2-1-3-9(10)11(13)5-7-14-8-6-11/h1-4,13H,5-8H2. The predicted octanol–water partition coefficient (Wildman–Crippen LogP) is 3.16. The van der Waals surface area contributed by atoms with Crippen LogP contribution in [0.2, 0.25) is 0 Å². The van der Waals surface area contributed by atoms with Crippen LogP contribution in [-0.4, -0.2) is 16.6 Å². The van der Waals surface area contributed by atoms with E-state index in [4.69, 9.17) is 0 Å². The highest BCUT2D eigenvalue weighted by Gasteiger charge is 2.32. The van der Waals surface area contributed by atoms with Gasteiger partial charge in [0.05, 0.1) is 5.60 Å². The maximum absolute atomic E-state index is 10.5. The van der Waals surface area contributed by atoms with Gasteiger partial charge in [-0.05, 0) is 36.0 Å². The number of thioether (sulfide) groups is 1. The summed E-state index contributed by atoms with van der Waals surface area (Å²) in [4.78, 5) is 0. The first kappa shape index (κ1) is 10.5. The monoisotopic (exact) mass is 272 g/mol. The van der Waals surface area contributed by atoms with Crippen LogP contribution in [0.3, 0.4) is 0 Å². The van der Waals surface area contributed by atoms with Gasteiger partial charge < -0.3 is 5.11 Å². The molecule has 0 radical (unpaired) electrons. The minimum absolute atomic E-state index is 0.606. The van der Waals surface area contributed by atoms with Crippen LogP contribution in [0.25, 0.3) is 0 Å². The average Bonchev–Trinajstić information content (AvgIpc) is 2.19. The van der Waals surface area contributed by atoms with E-state index in [2.05, 4.69) is 15.9 Å². The molecule has 0 saturated carbocycles. The Morgan fingerprint density at radius 1 is 1.21 bits per heavy atom. The molecule has 1 aliphatic heterocycles. The largest absolute Gasteiger partial charge is 0.385 e. The van der Waals surface area contributed by atoms with Gasteiger partial charge in [-0.2, -0.15) is 11.8 Å². The van der Waals surface area contributed by atoms with Gasteiger partial charge in [0.1, 0.15) is 0 Å². The minimum Gasteiger partial charge on any atom is -0.385 e. The summed E-state index contributed by atoms with van der Waals surface area (Å²) >= 11 is 5.42. The highest BCUT2D eigenvalue weighted by molar-refractivity contribution is 9.10. The van der Waals surface area contributed by atoms with Gasteiger partial charge in [0.25, 0.3) is 0 Å². The highest BCUT2D eigenvalue weighted by Crippen LogP contribution is 2.38. The zero-order valence-electron chi connectivity index (χ0n) is 7.87. The molecular formula is C11H13BrOS. The molecule has 1 nitrogen and oxygen atoms in total. The average molecular weight is 273 g/mol. The SMILES string of the molecule is OC1(c2ccccc2Br)CCSCC1. The highest BCUT2D eigenvalue weighted by atomic mass is 79.9. The molecule has 0 aromatic heterocycles. The molecule has 0 aliphatic carbocycles. The number of rotatable bonds is 1. The Morgan fingerprint density at radius 2 is 1.86 bits per heavy atom. The fraction of sp³-hybridized carbons (Fsp3) is 0.455. The molecule has 2 rings (SSSR count). The van der Waals surface area contributed by atoms with Crippen molar-refractivity contribution in [1.29, 1.82) is 0 Å². The van der Waals surface area contributed by atoms with Crippen LogP contribution in [0.15, 0.2) is 28.7 Å². The first-order valence-corrected chi connectivity index (χ1v) is 6.72. The van der Waals surface area contributed by atoms with Crippen molar-refractivity contribution >= 4 is 27.7 Å². The van der Waals surface area contributed by atoms with Crippen molar-refractivity contribution in [3.63, 3.8) is 0 Å². The summed E-state index contributed by atoms with van der Waals surface area (Å²) in [7, 11) is 0. The smallest absolute Gasteiger partial charge is 0.0923 e. The van der Waals surface area contributed by atoms with Crippen molar-refractivity contribution in [2.45, 2.75) is 18.4 Å². The van der Waals surface area contributed by atoms with Crippen molar-refractivity contribution in [2.24, 2.45) is 0 Å². The second-order valence-electron chi connectivity index (χ2n) is 3.62. The molecule has 0 atom stereocenters. The van der Waals surface area contributed by atoms with Gasteiger partial charge in [0.2, 0.25) is 0 Å². The second kappa shape index (κ2) is 4.25. The lowest BCUT2D eigenvalue weighted by molar-refractivity contribution is 0.0274. The molecule has 1 heterocycles. The van der Waals surface area contributed by atoms with E-state index in [1.54, 1.807) is 0 Å². The Bertz CT molecular complexity index is 321. The van der Waals surface area contributed by atoms with Gasteiger partial charge in [0.15, 0.2) is 0 Å². The molecule has 1 aromatic rings. The van der Waals surface area contributed by atoms with E-state index in [1.807, 2.05) is 36.0 Å². The van der Waals surface area contributed by atoms with Crippen molar-refractivity contribution in [3.05, 3.63) is 34.3 Å². The lowest BCUT2D eigenvalue weighted by Crippen LogP contribution is -2.30. The molecule has 1 N–H and O–H groups in total. The van der Waals surface area contributed by atoms with Crippen LogP contribution in [0.4, 0.5) is 0 Å². The van der Waals surface area contributed by atoms with E-state index in [1.165, 1.54) is 0 Å². The first-order chi connectivity index (χ1) is 6.72. The van der Waals surface area contributed by atoms with Crippen LogP contribution in [0.5, 0.6) is 0 Å². The lowest BCUT2D eigenvalue weighted by Gasteiger charge is -2.32. The summed E-state index contributed by atoms with van der Waals surface area (Å²) in [5.41, 5.74) is 0.436. The zero-order valence-corrected chi connectivity index (χ0v) is 10.3. The van der Waals surface area contributed by atoms with Crippen LogP contribution < -0.4 is 0 Å². The quantitative estimate of drug-likeness (QED) is 0.848. The number of hydrogen-bond donors (Lipinski definition) is 1. The Balaban J connectivity index is 2.32. The molecule has 76 valence electrons. The van der Waals surface area contributed by atoms with Crippen LogP contribution in [-0.2, 0) is 5.60 Å². The Hall–Kier alpha value is 0.01000. The van der Waals surface area contributed by atoms with Crippen LogP contribution >= 0.6 is 27.7 Å². The Morgan fingerprint density at radius 3 is 2.50 bits per heavy atom. The van der Waals surface area contributed by atoms with Crippen molar-refractivity contribution in [3.8, 4) is 0 Å². The van der Waals surface area contributed by atoms with Gasteiger partial charge in [-0.15, -0.1) is 0 Å². The van der Waals surface area contributed by atoms with Crippen LogP contribution in [0, 0.1) is 0 Å². The van der Waals surface area contributed by atoms with Crippen molar-refractivity contribution in [1.82, 2.24) is 0 Å². The normalized spacial score (nSPS) is 20.7. The van der Waals surface area contributed by atoms with E-state index >= 15 is 0 Å².